The topological polar surface area (TPSA) is 108 Å². The molecule has 0 spiro atoms. The van der Waals surface area contributed by atoms with Crippen molar-refractivity contribution in [3.63, 3.8) is 0 Å². The number of urea groups is 1. The van der Waals surface area contributed by atoms with Gasteiger partial charge in [0.1, 0.15) is 12.1 Å². The van der Waals surface area contributed by atoms with E-state index in [4.69, 9.17) is 5.11 Å². The van der Waals surface area contributed by atoms with E-state index in [1.165, 1.54) is 6.92 Å². The van der Waals surface area contributed by atoms with Gasteiger partial charge in [0, 0.05) is 10.2 Å². The Balaban J connectivity index is 2.70. The van der Waals surface area contributed by atoms with Crippen molar-refractivity contribution in [2.45, 2.75) is 39.3 Å². The highest BCUT2D eigenvalue weighted by atomic mass is 79.9. The molecule has 2 atom stereocenters. The number of hydrogen-bond donors (Lipinski definition) is 4. The Hall–Kier alpha value is -2.09. The Kier molecular flexibility index (Phi) is 7.70. The summed E-state index contributed by atoms with van der Waals surface area (Å²) in [6.45, 7) is 5.19. The van der Waals surface area contributed by atoms with Crippen LogP contribution in [0.1, 0.15) is 27.2 Å². The number of carboxylic acids is 1. The third-order valence-electron chi connectivity index (χ3n) is 3.16. The molecule has 8 heteroatoms. The van der Waals surface area contributed by atoms with Crippen molar-refractivity contribution in [3.8, 4) is 0 Å². The average Bonchev–Trinajstić information content (AvgIpc) is 2.48. The van der Waals surface area contributed by atoms with Gasteiger partial charge in [0.25, 0.3) is 0 Å². The molecule has 7 nitrogen and oxygen atoms in total. The van der Waals surface area contributed by atoms with Gasteiger partial charge >= 0.3 is 12.0 Å². The van der Waals surface area contributed by atoms with Gasteiger partial charge in [-0.25, -0.2) is 4.79 Å². The molecule has 4 N–H and O–H groups in total. The monoisotopic (exact) mass is 399 g/mol. The first-order chi connectivity index (χ1) is 11.2. The summed E-state index contributed by atoms with van der Waals surface area (Å²) >= 11 is 3.30. The fourth-order valence-corrected chi connectivity index (χ4v) is 2.20. The third-order valence-corrected chi connectivity index (χ3v) is 3.69. The maximum absolute atomic E-state index is 12.2. The second-order valence-electron chi connectivity index (χ2n) is 5.86. The van der Waals surface area contributed by atoms with Gasteiger partial charge in [0.2, 0.25) is 5.91 Å². The quantitative estimate of drug-likeness (QED) is 0.564. The van der Waals surface area contributed by atoms with E-state index >= 15 is 0 Å². The minimum Gasteiger partial charge on any atom is -0.480 e. The van der Waals surface area contributed by atoms with Crippen LogP contribution in [0.15, 0.2) is 28.7 Å². The molecule has 0 fully saturated rings. The molecule has 0 aliphatic rings. The lowest BCUT2D eigenvalue weighted by Gasteiger charge is -2.21. The first-order valence-corrected chi connectivity index (χ1v) is 8.34. The summed E-state index contributed by atoms with van der Waals surface area (Å²) in [5, 5.41) is 16.5. The standard InChI is InChI=1S/C16H22BrN3O4/c1-9(2)8-13(14(21)18-10(3)15(22)23)20-16(24)19-12-6-4-11(17)5-7-12/h4-7,9-10,13H,8H2,1-3H3,(H,18,21)(H,22,23)(H2,19,20,24). The molecule has 132 valence electrons. The molecule has 0 bridgehead atoms. The minimum atomic E-state index is -1.13. The number of aliphatic carboxylic acids is 1. The second kappa shape index (κ2) is 9.27. The Morgan fingerprint density at radius 3 is 2.17 bits per heavy atom. The van der Waals surface area contributed by atoms with Crippen molar-refractivity contribution in [2.75, 3.05) is 5.32 Å². The first kappa shape index (κ1) is 20.0. The molecular formula is C16H22BrN3O4. The van der Waals surface area contributed by atoms with Gasteiger partial charge in [0.05, 0.1) is 0 Å². The lowest BCUT2D eigenvalue weighted by molar-refractivity contribution is -0.141. The van der Waals surface area contributed by atoms with Crippen molar-refractivity contribution >= 4 is 39.5 Å². The molecule has 0 aromatic heterocycles. The molecule has 3 amide bonds. The lowest BCUT2D eigenvalue weighted by Crippen LogP contribution is -2.52. The van der Waals surface area contributed by atoms with Gasteiger partial charge in [-0.3, -0.25) is 9.59 Å². The third kappa shape index (κ3) is 6.99. The van der Waals surface area contributed by atoms with E-state index in [9.17, 15) is 14.4 Å². The summed E-state index contributed by atoms with van der Waals surface area (Å²) < 4.78 is 0.883. The first-order valence-electron chi connectivity index (χ1n) is 7.55. The second-order valence-corrected chi connectivity index (χ2v) is 6.77. The van der Waals surface area contributed by atoms with Crippen LogP contribution in [-0.4, -0.2) is 35.1 Å². The molecule has 0 saturated heterocycles. The molecule has 1 rings (SSSR count). The largest absolute Gasteiger partial charge is 0.480 e. The Bertz CT molecular complexity index is 589. The molecule has 0 saturated carbocycles. The van der Waals surface area contributed by atoms with Crippen molar-refractivity contribution in [1.82, 2.24) is 10.6 Å². The van der Waals surface area contributed by atoms with Crippen molar-refractivity contribution in [2.24, 2.45) is 5.92 Å². The maximum Gasteiger partial charge on any atom is 0.325 e. The zero-order chi connectivity index (χ0) is 18.3. The molecule has 2 unspecified atom stereocenters. The number of nitrogens with one attached hydrogen (secondary N) is 3. The minimum absolute atomic E-state index is 0.147. The SMILES string of the molecule is CC(C)CC(NC(=O)Nc1ccc(Br)cc1)C(=O)NC(C)C(=O)O. The molecule has 24 heavy (non-hydrogen) atoms. The molecule has 0 aliphatic heterocycles. The molecule has 0 aliphatic carbocycles. The maximum atomic E-state index is 12.2. The summed E-state index contributed by atoms with van der Waals surface area (Å²) in [7, 11) is 0. The molecule has 1 aromatic rings. The van der Waals surface area contributed by atoms with Gasteiger partial charge < -0.3 is 21.1 Å². The van der Waals surface area contributed by atoms with Crippen molar-refractivity contribution in [1.29, 1.82) is 0 Å². The fraction of sp³-hybridized carbons (Fsp3) is 0.438. The average molecular weight is 400 g/mol. The Morgan fingerprint density at radius 2 is 1.67 bits per heavy atom. The predicted octanol–water partition coefficient (Wildman–Crippen LogP) is 2.57. The van der Waals surface area contributed by atoms with Crippen LogP contribution in [-0.2, 0) is 9.59 Å². The van der Waals surface area contributed by atoms with E-state index < -0.39 is 30.0 Å². The fourth-order valence-electron chi connectivity index (χ4n) is 1.94. The van der Waals surface area contributed by atoms with Crippen LogP contribution in [0.3, 0.4) is 0 Å². The number of hydrogen-bond acceptors (Lipinski definition) is 3. The molecule has 1 aromatic carbocycles. The summed E-state index contributed by atoms with van der Waals surface area (Å²) in [6, 6.07) is 4.62. The molecule has 0 radical (unpaired) electrons. The van der Waals surface area contributed by atoms with Crippen LogP contribution < -0.4 is 16.0 Å². The van der Waals surface area contributed by atoms with E-state index in [2.05, 4.69) is 31.9 Å². The van der Waals surface area contributed by atoms with E-state index in [0.29, 0.717) is 12.1 Å². The highest BCUT2D eigenvalue weighted by molar-refractivity contribution is 9.10. The number of benzene rings is 1. The summed E-state index contributed by atoms with van der Waals surface area (Å²) in [5.74, 6) is -1.51. The zero-order valence-corrected chi connectivity index (χ0v) is 15.4. The number of halogens is 1. The number of amides is 3. The smallest absolute Gasteiger partial charge is 0.325 e. The lowest BCUT2D eigenvalue weighted by atomic mass is 10.0. The molecule has 0 heterocycles. The van der Waals surface area contributed by atoms with Gasteiger partial charge in [-0.15, -0.1) is 0 Å². The van der Waals surface area contributed by atoms with Crippen molar-refractivity contribution in [3.05, 3.63) is 28.7 Å². The summed E-state index contributed by atoms with van der Waals surface area (Å²) in [6.07, 6.45) is 0.395. The van der Waals surface area contributed by atoms with Gasteiger partial charge in [0.15, 0.2) is 0 Å². The van der Waals surface area contributed by atoms with E-state index in [-0.39, 0.29) is 5.92 Å². The summed E-state index contributed by atoms with van der Waals surface area (Å²) in [4.78, 5) is 35.1. The van der Waals surface area contributed by atoms with Gasteiger partial charge in [-0.05, 0) is 43.5 Å². The number of carboxylic acid groups (broad SMARTS) is 1. The van der Waals surface area contributed by atoms with Crippen LogP contribution in [0, 0.1) is 5.92 Å². The number of rotatable bonds is 7. The van der Waals surface area contributed by atoms with E-state index in [0.717, 1.165) is 4.47 Å². The van der Waals surface area contributed by atoms with Crippen LogP contribution in [0.4, 0.5) is 10.5 Å². The van der Waals surface area contributed by atoms with Crippen molar-refractivity contribution < 1.29 is 19.5 Å². The number of anilines is 1. The molecular weight excluding hydrogens is 378 g/mol. The van der Waals surface area contributed by atoms with E-state index in [1.807, 2.05) is 13.8 Å². The summed E-state index contributed by atoms with van der Waals surface area (Å²) in [5.41, 5.74) is 0.582. The van der Waals surface area contributed by atoms with Crippen LogP contribution >= 0.6 is 15.9 Å². The van der Waals surface area contributed by atoms with Gasteiger partial charge in [-0.2, -0.15) is 0 Å². The normalized spacial score (nSPS) is 13.0. The van der Waals surface area contributed by atoms with E-state index in [1.54, 1.807) is 24.3 Å². The Labute approximate surface area is 149 Å². The van der Waals surface area contributed by atoms with Gasteiger partial charge in [-0.1, -0.05) is 29.8 Å². The highest BCUT2D eigenvalue weighted by Crippen LogP contribution is 2.14. The van der Waals surface area contributed by atoms with Crippen LogP contribution in [0.25, 0.3) is 0 Å². The predicted molar refractivity (Wildman–Crippen MR) is 94.8 cm³/mol. The van der Waals surface area contributed by atoms with Crippen LogP contribution in [0.2, 0.25) is 0 Å². The zero-order valence-electron chi connectivity index (χ0n) is 13.8. The number of carbonyl (C=O) groups excluding carboxylic acids is 2. The highest BCUT2D eigenvalue weighted by Gasteiger charge is 2.25. The van der Waals surface area contributed by atoms with Crippen LogP contribution in [0.5, 0.6) is 0 Å². The number of carbonyl (C=O) groups is 3. The Morgan fingerprint density at radius 1 is 1.08 bits per heavy atom.